The molecule has 1 unspecified atom stereocenters. The molecule has 0 bridgehead atoms. The summed E-state index contributed by atoms with van der Waals surface area (Å²) in [6.45, 7) is -0.308. The molecule has 0 fully saturated rings. The Morgan fingerprint density at radius 1 is 1.03 bits per heavy atom. The number of hydrogen-bond acceptors (Lipinski definition) is 7. The lowest BCUT2D eigenvalue weighted by Gasteiger charge is -2.19. The monoisotopic (exact) mass is 514 g/mol. The topological polar surface area (TPSA) is 139 Å². The highest BCUT2D eigenvalue weighted by Crippen LogP contribution is 2.22. The van der Waals surface area contributed by atoms with E-state index in [9.17, 15) is 13.2 Å². The minimum Gasteiger partial charge on any atom is -0.480 e. The van der Waals surface area contributed by atoms with Crippen molar-refractivity contribution in [2.24, 2.45) is 0 Å². The Bertz CT molecular complexity index is 1350. The Balaban J connectivity index is 0.00000342. The summed E-state index contributed by atoms with van der Waals surface area (Å²) in [5.74, 6) is -0.696. The molecule has 0 aliphatic carbocycles. The Labute approximate surface area is 208 Å². The van der Waals surface area contributed by atoms with E-state index < -0.39 is 22.0 Å². The first kappa shape index (κ1) is 25.8. The summed E-state index contributed by atoms with van der Waals surface area (Å²) in [6, 6.07) is 16.7. The zero-order valence-corrected chi connectivity index (χ0v) is 20.0. The number of nitrogens with one attached hydrogen (secondary N) is 2. The molecule has 1 aromatic carbocycles. The van der Waals surface area contributed by atoms with Crippen LogP contribution in [-0.4, -0.2) is 45.8 Å². The second-order valence-corrected chi connectivity index (χ2v) is 9.09. The lowest BCUT2D eigenvalue weighted by atomic mass is 10.0. The number of sulfonamides is 1. The molecule has 3 N–H and O–H groups in total. The van der Waals surface area contributed by atoms with Crippen molar-refractivity contribution >= 4 is 34.2 Å². The van der Waals surface area contributed by atoms with E-state index in [0.29, 0.717) is 17.9 Å². The standard InChI is InChI=1S/C23H22N6O4S.ClH/c30-23(31)16-25-22-6-1-5-20(27-22)21(28-34(32,33)19-4-2-11-24-15-19)14-17-7-9-18(10-8-17)29-13-3-12-26-29;/h1-13,15,21,28H,14,16H2,(H,25,27)(H,30,31);1H. The van der Waals surface area contributed by atoms with Gasteiger partial charge in [0.15, 0.2) is 0 Å². The number of aromatic nitrogens is 4. The SMILES string of the molecule is Cl.O=C(O)CNc1cccc(C(Cc2ccc(-n3cccn3)cc2)NS(=O)(=O)c2cccnc2)n1. The first-order valence-electron chi connectivity index (χ1n) is 10.3. The van der Waals surface area contributed by atoms with Crippen LogP contribution in [0.4, 0.5) is 5.82 Å². The largest absolute Gasteiger partial charge is 0.480 e. The Kier molecular flexibility index (Phi) is 8.53. The third-order valence-corrected chi connectivity index (χ3v) is 6.39. The first-order valence-corrected chi connectivity index (χ1v) is 11.8. The highest BCUT2D eigenvalue weighted by atomic mass is 35.5. The molecule has 3 aromatic heterocycles. The van der Waals surface area contributed by atoms with Gasteiger partial charge < -0.3 is 10.4 Å². The van der Waals surface area contributed by atoms with Crippen molar-refractivity contribution in [3.8, 4) is 5.69 Å². The number of carbonyl (C=O) groups is 1. The molecule has 0 saturated carbocycles. The van der Waals surface area contributed by atoms with Crippen molar-refractivity contribution in [3.63, 3.8) is 0 Å². The van der Waals surface area contributed by atoms with Gasteiger partial charge in [-0.3, -0.25) is 9.78 Å². The van der Waals surface area contributed by atoms with Crippen molar-refractivity contribution in [2.45, 2.75) is 17.4 Å². The Morgan fingerprint density at radius 2 is 1.83 bits per heavy atom. The van der Waals surface area contributed by atoms with Crippen molar-refractivity contribution in [2.75, 3.05) is 11.9 Å². The van der Waals surface area contributed by atoms with Crippen molar-refractivity contribution in [3.05, 3.63) is 96.7 Å². The van der Waals surface area contributed by atoms with Gasteiger partial charge in [-0.05, 0) is 54.4 Å². The van der Waals surface area contributed by atoms with Crippen molar-refractivity contribution < 1.29 is 18.3 Å². The highest BCUT2D eigenvalue weighted by Gasteiger charge is 2.23. The number of hydrogen-bond donors (Lipinski definition) is 3. The van der Waals surface area contributed by atoms with E-state index in [-0.39, 0.29) is 23.8 Å². The van der Waals surface area contributed by atoms with Gasteiger partial charge in [0.1, 0.15) is 17.3 Å². The Hall–Kier alpha value is -3.80. The molecule has 1 atom stereocenters. The van der Waals surface area contributed by atoms with Crippen LogP contribution in [0.15, 0.2) is 90.3 Å². The lowest BCUT2D eigenvalue weighted by molar-refractivity contribution is -0.134. The van der Waals surface area contributed by atoms with E-state index in [4.69, 9.17) is 5.11 Å². The minimum atomic E-state index is -3.89. The van der Waals surface area contributed by atoms with E-state index in [1.54, 1.807) is 35.1 Å². The van der Waals surface area contributed by atoms with Gasteiger partial charge in [0, 0.05) is 24.8 Å². The van der Waals surface area contributed by atoms with Crippen LogP contribution in [-0.2, 0) is 21.2 Å². The molecular weight excluding hydrogens is 492 g/mol. The van der Waals surface area contributed by atoms with Crippen molar-refractivity contribution in [1.29, 1.82) is 0 Å². The van der Waals surface area contributed by atoms with Gasteiger partial charge in [0.2, 0.25) is 10.0 Å². The number of benzene rings is 1. The second kappa shape index (κ2) is 11.6. The molecule has 0 amide bonds. The van der Waals surface area contributed by atoms with Gasteiger partial charge in [0.25, 0.3) is 0 Å². The fourth-order valence-corrected chi connectivity index (χ4v) is 4.49. The fourth-order valence-electron chi connectivity index (χ4n) is 3.32. The third kappa shape index (κ3) is 6.85. The first-order chi connectivity index (χ1) is 16.4. The number of aliphatic carboxylic acids is 1. The lowest BCUT2D eigenvalue weighted by Crippen LogP contribution is -2.31. The van der Waals surface area contributed by atoms with Crippen LogP contribution in [0.1, 0.15) is 17.3 Å². The van der Waals surface area contributed by atoms with Crippen LogP contribution in [0, 0.1) is 0 Å². The smallest absolute Gasteiger partial charge is 0.322 e. The summed E-state index contributed by atoms with van der Waals surface area (Å²) in [7, 11) is -3.89. The summed E-state index contributed by atoms with van der Waals surface area (Å²) in [4.78, 5) is 19.3. The third-order valence-electron chi connectivity index (χ3n) is 4.94. The van der Waals surface area contributed by atoms with Crippen LogP contribution in [0.2, 0.25) is 0 Å². The molecule has 182 valence electrons. The predicted molar refractivity (Wildman–Crippen MR) is 132 cm³/mol. The molecule has 0 aliphatic heterocycles. The Morgan fingerprint density at radius 3 is 2.49 bits per heavy atom. The van der Waals surface area contributed by atoms with E-state index in [1.807, 2.05) is 36.5 Å². The second-order valence-electron chi connectivity index (χ2n) is 7.38. The maximum absolute atomic E-state index is 13.0. The van der Waals surface area contributed by atoms with Gasteiger partial charge in [-0.25, -0.2) is 22.8 Å². The van der Waals surface area contributed by atoms with E-state index in [1.165, 1.54) is 18.5 Å². The quantitative estimate of drug-likeness (QED) is 0.293. The molecule has 3 heterocycles. The normalized spacial score (nSPS) is 11.9. The van der Waals surface area contributed by atoms with Gasteiger partial charge in [0.05, 0.1) is 17.4 Å². The van der Waals surface area contributed by atoms with Crippen LogP contribution in [0.25, 0.3) is 5.69 Å². The number of nitrogens with zero attached hydrogens (tertiary/aromatic N) is 4. The van der Waals surface area contributed by atoms with E-state index in [2.05, 4.69) is 25.1 Å². The molecule has 35 heavy (non-hydrogen) atoms. The maximum atomic E-state index is 13.0. The van der Waals surface area contributed by atoms with Crippen LogP contribution in [0.5, 0.6) is 0 Å². The predicted octanol–water partition coefficient (Wildman–Crippen LogP) is 2.84. The molecule has 4 aromatic rings. The zero-order chi connectivity index (χ0) is 24.0. The molecule has 0 radical (unpaired) electrons. The van der Waals surface area contributed by atoms with Crippen molar-refractivity contribution in [1.82, 2.24) is 24.5 Å². The van der Waals surface area contributed by atoms with Crippen LogP contribution in [0.3, 0.4) is 0 Å². The average molecular weight is 515 g/mol. The molecule has 4 rings (SSSR count). The number of halogens is 1. The summed E-state index contributed by atoms with van der Waals surface area (Å²) in [5.41, 5.74) is 2.19. The van der Waals surface area contributed by atoms with Gasteiger partial charge >= 0.3 is 5.97 Å². The zero-order valence-electron chi connectivity index (χ0n) is 18.4. The number of anilines is 1. The summed E-state index contributed by atoms with van der Waals surface area (Å²) >= 11 is 0. The van der Waals surface area contributed by atoms with Crippen LogP contribution >= 0.6 is 12.4 Å². The molecular formula is C23H23ClN6O4S. The molecule has 0 spiro atoms. The maximum Gasteiger partial charge on any atom is 0.322 e. The summed E-state index contributed by atoms with van der Waals surface area (Å²) in [6.07, 6.45) is 6.61. The molecule has 10 nitrogen and oxygen atoms in total. The van der Waals surface area contributed by atoms with E-state index in [0.717, 1.165) is 11.3 Å². The molecule has 0 saturated heterocycles. The number of carboxylic acids is 1. The minimum absolute atomic E-state index is 0. The molecule has 12 heteroatoms. The number of pyridine rings is 2. The number of carboxylic acid groups (broad SMARTS) is 1. The van der Waals surface area contributed by atoms with Gasteiger partial charge in [-0.1, -0.05) is 18.2 Å². The van der Waals surface area contributed by atoms with Gasteiger partial charge in [-0.15, -0.1) is 12.4 Å². The number of rotatable bonds is 10. The fraction of sp³-hybridized carbons (Fsp3) is 0.130. The van der Waals surface area contributed by atoms with Gasteiger partial charge in [-0.2, -0.15) is 5.10 Å². The summed E-state index contributed by atoms with van der Waals surface area (Å²) < 4.78 is 30.5. The van der Waals surface area contributed by atoms with Crippen LogP contribution < -0.4 is 10.0 Å². The summed E-state index contributed by atoms with van der Waals surface area (Å²) in [5, 5.41) is 15.8. The average Bonchev–Trinajstić information content (AvgIpc) is 3.38. The van der Waals surface area contributed by atoms with E-state index >= 15 is 0 Å². The molecule has 0 aliphatic rings. The highest BCUT2D eigenvalue weighted by molar-refractivity contribution is 7.89.